The lowest BCUT2D eigenvalue weighted by Gasteiger charge is -2.32. The van der Waals surface area contributed by atoms with E-state index in [0.29, 0.717) is 12.5 Å². The van der Waals surface area contributed by atoms with E-state index in [-0.39, 0.29) is 18.3 Å². The molecule has 94 valence electrons. The summed E-state index contributed by atoms with van der Waals surface area (Å²) in [6.07, 6.45) is 0.521. The summed E-state index contributed by atoms with van der Waals surface area (Å²) in [5.74, 6) is 0.236. The van der Waals surface area contributed by atoms with Crippen molar-refractivity contribution in [2.45, 2.75) is 19.4 Å². The van der Waals surface area contributed by atoms with Crippen molar-refractivity contribution < 1.29 is 4.79 Å². The Balaban J connectivity index is 0.00000144. The average molecular weight is 255 g/mol. The van der Waals surface area contributed by atoms with E-state index in [1.807, 2.05) is 35.2 Å². The lowest BCUT2D eigenvalue weighted by Crippen LogP contribution is -2.51. The third-order valence-corrected chi connectivity index (χ3v) is 2.92. The number of nitrogens with zero attached hydrogens (tertiary/aromatic N) is 1. The molecule has 0 radical (unpaired) electrons. The van der Waals surface area contributed by atoms with Crippen LogP contribution < -0.4 is 5.32 Å². The standard InChI is InChI=1S/C13H18N2O.ClH/c1-11-10-15(8-7-14-11)13(16)9-12-5-3-2-4-6-12;/h2-6,11,14H,7-10H2,1H3;1H/t11-;/m0./s1. The molecule has 17 heavy (non-hydrogen) atoms. The molecule has 1 aromatic carbocycles. The van der Waals surface area contributed by atoms with Gasteiger partial charge in [0.05, 0.1) is 6.42 Å². The second-order valence-electron chi connectivity index (χ2n) is 4.36. The normalized spacial score (nSPS) is 19.6. The van der Waals surface area contributed by atoms with Gasteiger partial charge in [0.15, 0.2) is 0 Å². The maximum atomic E-state index is 12.0. The molecule has 1 heterocycles. The topological polar surface area (TPSA) is 32.3 Å². The number of carbonyl (C=O) groups is 1. The van der Waals surface area contributed by atoms with Gasteiger partial charge in [0.25, 0.3) is 0 Å². The highest BCUT2D eigenvalue weighted by atomic mass is 35.5. The van der Waals surface area contributed by atoms with Gasteiger partial charge in [-0.05, 0) is 12.5 Å². The summed E-state index contributed by atoms with van der Waals surface area (Å²) in [5.41, 5.74) is 1.10. The van der Waals surface area contributed by atoms with E-state index < -0.39 is 0 Å². The fourth-order valence-electron chi connectivity index (χ4n) is 2.04. The van der Waals surface area contributed by atoms with Crippen LogP contribution in [-0.2, 0) is 11.2 Å². The number of benzene rings is 1. The van der Waals surface area contributed by atoms with Crippen LogP contribution in [0.4, 0.5) is 0 Å². The van der Waals surface area contributed by atoms with Crippen molar-refractivity contribution in [1.82, 2.24) is 10.2 Å². The van der Waals surface area contributed by atoms with Crippen LogP contribution in [0.1, 0.15) is 12.5 Å². The molecule has 1 amide bonds. The summed E-state index contributed by atoms with van der Waals surface area (Å²) in [5, 5.41) is 3.34. The largest absolute Gasteiger partial charge is 0.340 e. The molecule has 4 heteroatoms. The Morgan fingerprint density at radius 3 is 2.76 bits per heavy atom. The zero-order valence-corrected chi connectivity index (χ0v) is 10.9. The van der Waals surface area contributed by atoms with Crippen LogP contribution in [0.15, 0.2) is 30.3 Å². The molecule has 0 aliphatic carbocycles. The second-order valence-corrected chi connectivity index (χ2v) is 4.36. The molecule has 0 spiro atoms. The van der Waals surface area contributed by atoms with Gasteiger partial charge < -0.3 is 10.2 Å². The molecule has 1 fully saturated rings. The van der Waals surface area contributed by atoms with E-state index in [1.165, 1.54) is 0 Å². The molecule has 1 saturated heterocycles. The number of hydrogen-bond donors (Lipinski definition) is 1. The molecule has 1 aromatic rings. The van der Waals surface area contributed by atoms with Crippen molar-refractivity contribution in [3.8, 4) is 0 Å². The summed E-state index contributed by atoms with van der Waals surface area (Å²) < 4.78 is 0. The third-order valence-electron chi connectivity index (χ3n) is 2.92. The van der Waals surface area contributed by atoms with Crippen LogP contribution in [0, 0.1) is 0 Å². The fourth-order valence-corrected chi connectivity index (χ4v) is 2.04. The zero-order valence-electron chi connectivity index (χ0n) is 10.1. The van der Waals surface area contributed by atoms with Crippen LogP contribution in [0.5, 0.6) is 0 Å². The van der Waals surface area contributed by atoms with Crippen LogP contribution in [0.2, 0.25) is 0 Å². The van der Waals surface area contributed by atoms with Gasteiger partial charge in [-0.3, -0.25) is 4.79 Å². The molecule has 0 saturated carbocycles. The van der Waals surface area contributed by atoms with Crippen molar-refractivity contribution in [3.05, 3.63) is 35.9 Å². The van der Waals surface area contributed by atoms with Gasteiger partial charge in [0, 0.05) is 25.7 Å². The van der Waals surface area contributed by atoms with Gasteiger partial charge in [-0.1, -0.05) is 30.3 Å². The van der Waals surface area contributed by atoms with E-state index in [2.05, 4.69) is 12.2 Å². The number of carbonyl (C=O) groups excluding carboxylic acids is 1. The lowest BCUT2D eigenvalue weighted by atomic mass is 10.1. The number of piperazine rings is 1. The highest BCUT2D eigenvalue weighted by Gasteiger charge is 2.20. The maximum absolute atomic E-state index is 12.0. The summed E-state index contributed by atoms with van der Waals surface area (Å²) >= 11 is 0. The first-order chi connectivity index (χ1) is 7.75. The third kappa shape index (κ3) is 4.02. The van der Waals surface area contributed by atoms with E-state index >= 15 is 0 Å². The van der Waals surface area contributed by atoms with Crippen LogP contribution in [0.25, 0.3) is 0 Å². The highest BCUT2D eigenvalue weighted by Crippen LogP contribution is 2.05. The minimum absolute atomic E-state index is 0. The molecule has 1 N–H and O–H groups in total. The Hall–Kier alpha value is -1.06. The van der Waals surface area contributed by atoms with E-state index in [9.17, 15) is 4.79 Å². The summed E-state index contributed by atoms with van der Waals surface area (Å²) in [6.45, 7) is 4.67. The summed E-state index contributed by atoms with van der Waals surface area (Å²) in [6, 6.07) is 10.3. The van der Waals surface area contributed by atoms with Gasteiger partial charge in [-0.25, -0.2) is 0 Å². The van der Waals surface area contributed by atoms with E-state index in [4.69, 9.17) is 0 Å². The predicted octanol–water partition coefficient (Wildman–Crippen LogP) is 1.47. The summed E-state index contributed by atoms with van der Waals surface area (Å²) in [7, 11) is 0. The van der Waals surface area contributed by atoms with Gasteiger partial charge in [-0.15, -0.1) is 12.4 Å². The van der Waals surface area contributed by atoms with Crippen molar-refractivity contribution in [1.29, 1.82) is 0 Å². The molecule has 2 rings (SSSR count). The monoisotopic (exact) mass is 254 g/mol. The Morgan fingerprint density at radius 1 is 1.41 bits per heavy atom. The maximum Gasteiger partial charge on any atom is 0.227 e. The van der Waals surface area contributed by atoms with Gasteiger partial charge in [0.2, 0.25) is 5.91 Å². The number of halogens is 1. The Labute approximate surface area is 109 Å². The SMILES string of the molecule is C[C@H]1CN(C(=O)Cc2ccccc2)CCN1.Cl. The average Bonchev–Trinajstić information content (AvgIpc) is 2.30. The molecule has 1 aliphatic heterocycles. The molecule has 3 nitrogen and oxygen atoms in total. The Kier molecular flexibility index (Phi) is 5.45. The highest BCUT2D eigenvalue weighted by molar-refractivity contribution is 5.85. The molecular formula is C13H19ClN2O. The molecule has 0 bridgehead atoms. The minimum Gasteiger partial charge on any atom is -0.340 e. The van der Waals surface area contributed by atoms with Gasteiger partial charge >= 0.3 is 0 Å². The van der Waals surface area contributed by atoms with Crippen molar-refractivity contribution >= 4 is 18.3 Å². The first kappa shape index (κ1) is 14.0. The van der Waals surface area contributed by atoms with E-state index in [1.54, 1.807) is 0 Å². The Bertz CT molecular complexity index is 356. The second kappa shape index (κ2) is 6.62. The van der Waals surface area contributed by atoms with Crippen LogP contribution in [0.3, 0.4) is 0 Å². The van der Waals surface area contributed by atoms with Crippen molar-refractivity contribution in [2.24, 2.45) is 0 Å². The predicted molar refractivity (Wildman–Crippen MR) is 71.4 cm³/mol. The molecule has 1 aliphatic rings. The number of amides is 1. The number of rotatable bonds is 2. The Morgan fingerprint density at radius 2 is 2.12 bits per heavy atom. The molecule has 1 atom stereocenters. The van der Waals surface area contributed by atoms with Crippen molar-refractivity contribution in [2.75, 3.05) is 19.6 Å². The molecule has 0 aromatic heterocycles. The molecular weight excluding hydrogens is 236 g/mol. The van der Waals surface area contributed by atoms with Gasteiger partial charge in [-0.2, -0.15) is 0 Å². The number of nitrogens with one attached hydrogen (secondary N) is 1. The summed E-state index contributed by atoms with van der Waals surface area (Å²) in [4.78, 5) is 14.0. The first-order valence-corrected chi connectivity index (χ1v) is 5.81. The van der Waals surface area contributed by atoms with Crippen LogP contribution in [-0.4, -0.2) is 36.5 Å². The van der Waals surface area contributed by atoms with Crippen molar-refractivity contribution in [3.63, 3.8) is 0 Å². The smallest absolute Gasteiger partial charge is 0.227 e. The number of hydrogen-bond acceptors (Lipinski definition) is 2. The first-order valence-electron chi connectivity index (χ1n) is 5.81. The quantitative estimate of drug-likeness (QED) is 0.867. The van der Waals surface area contributed by atoms with Gasteiger partial charge in [0.1, 0.15) is 0 Å². The van der Waals surface area contributed by atoms with E-state index in [0.717, 1.165) is 25.2 Å². The lowest BCUT2D eigenvalue weighted by molar-refractivity contribution is -0.131. The van der Waals surface area contributed by atoms with Crippen LogP contribution >= 0.6 is 12.4 Å². The zero-order chi connectivity index (χ0) is 11.4. The fraction of sp³-hybridized carbons (Fsp3) is 0.462. The minimum atomic E-state index is 0. The molecule has 0 unspecified atom stereocenters.